The number of thiazole rings is 1. The summed E-state index contributed by atoms with van der Waals surface area (Å²) < 4.78 is 0. The third-order valence-electron chi connectivity index (χ3n) is 4.02. The molecule has 1 atom stereocenters. The summed E-state index contributed by atoms with van der Waals surface area (Å²) in [6, 6.07) is -0.0925. The summed E-state index contributed by atoms with van der Waals surface area (Å²) in [6.45, 7) is 4.37. The summed E-state index contributed by atoms with van der Waals surface area (Å²) in [5, 5.41) is 2.79. The molecule has 2 aromatic rings. The van der Waals surface area contributed by atoms with Crippen molar-refractivity contribution in [3.63, 3.8) is 0 Å². The van der Waals surface area contributed by atoms with Crippen LogP contribution < -0.4 is 5.32 Å². The number of amides is 2. The van der Waals surface area contributed by atoms with Crippen LogP contribution in [0.1, 0.15) is 52.6 Å². The molecule has 1 N–H and O–H groups in total. The van der Waals surface area contributed by atoms with Crippen molar-refractivity contribution < 1.29 is 9.59 Å². The van der Waals surface area contributed by atoms with E-state index < -0.39 is 0 Å². The minimum Gasteiger partial charge on any atom is -0.352 e. The summed E-state index contributed by atoms with van der Waals surface area (Å²) in [5.74, 6) is 0.543. The number of nitrogens with one attached hydrogen (secondary N) is 1. The SMILES string of the molecule is CC(=O)NCc1cnc(C)nc1[C@@H]1CCCN1C(=O)c1cncs1. The molecule has 0 bridgehead atoms. The second-order valence-corrected chi connectivity index (χ2v) is 6.65. The lowest BCUT2D eigenvalue weighted by Gasteiger charge is -2.25. The molecule has 3 heterocycles. The third-order valence-corrected chi connectivity index (χ3v) is 4.78. The van der Waals surface area contributed by atoms with Gasteiger partial charge in [-0.3, -0.25) is 14.6 Å². The van der Waals surface area contributed by atoms with Crippen molar-refractivity contribution in [1.29, 1.82) is 0 Å². The van der Waals surface area contributed by atoms with Gasteiger partial charge >= 0.3 is 0 Å². The first-order valence-electron chi connectivity index (χ1n) is 7.82. The Labute approximate surface area is 144 Å². The van der Waals surface area contributed by atoms with Gasteiger partial charge in [-0.2, -0.15) is 0 Å². The fourth-order valence-electron chi connectivity index (χ4n) is 2.91. The molecule has 0 aromatic carbocycles. The maximum absolute atomic E-state index is 12.7. The number of aryl methyl sites for hydroxylation is 1. The van der Waals surface area contributed by atoms with Crippen LogP contribution in [0.5, 0.6) is 0 Å². The Kier molecular flexibility index (Phi) is 4.84. The van der Waals surface area contributed by atoms with Gasteiger partial charge in [-0.1, -0.05) is 0 Å². The third kappa shape index (κ3) is 3.43. The second kappa shape index (κ2) is 7.04. The first kappa shape index (κ1) is 16.5. The standard InChI is InChI=1S/C16H19N5O2S/c1-10-18-6-12(7-19-11(2)22)15(20-10)13-4-3-5-21(13)16(23)14-8-17-9-24-14/h6,8-9,13H,3-5,7H2,1-2H3,(H,19,22)/t13-/m0/s1. The monoisotopic (exact) mass is 345 g/mol. The minimum atomic E-state index is -0.106. The van der Waals surface area contributed by atoms with E-state index in [9.17, 15) is 9.59 Å². The van der Waals surface area contributed by atoms with Crippen molar-refractivity contribution in [2.45, 2.75) is 39.3 Å². The van der Waals surface area contributed by atoms with Crippen molar-refractivity contribution in [3.8, 4) is 0 Å². The van der Waals surface area contributed by atoms with Crippen molar-refractivity contribution in [2.75, 3.05) is 6.54 Å². The van der Waals surface area contributed by atoms with Crippen LogP contribution in [0.15, 0.2) is 17.9 Å². The van der Waals surface area contributed by atoms with Crippen molar-refractivity contribution in [2.24, 2.45) is 0 Å². The predicted molar refractivity (Wildman–Crippen MR) is 89.4 cm³/mol. The summed E-state index contributed by atoms with van der Waals surface area (Å²) in [4.78, 5) is 39.3. The summed E-state index contributed by atoms with van der Waals surface area (Å²) in [7, 11) is 0. The van der Waals surface area contributed by atoms with E-state index >= 15 is 0 Å². The van der Waals surface area contributed by atoms with E-state index in [1.54, 1.807) is 17.9 Å². The smallest absolute Gasteiger partial charge is 0.266 e. The molecule has 0 saturated carbocycles. The molecule has 7 nitrogen and oxygen atoms in total. The molecule has 3 rings (SSSR count). The molecule has 126 valence electrons. The highest BCUT2D eigenvalue weighted by Crippen LogP contribution is 2.34. The molecule has 24 heavy (non-hydrogen) atoms. The van der Waals surface area contributed by atoms with Crippen LogP contribution in [0.25, 0.3) is 0 Å². The van der Waals surface area contributed by atoms with Crippen molar-refractivity contribution in [3.05, 3.63) is 39.9 Å². The van der Waals surface area contributed by atoms with Crippen LogP contribution in [-0.2, 0) is 11.3 Å². The van der Waals surface area contributed by atoms with Crippen LogP contribution in [0, 0.1) is 6.92 Å². The van der Waals surface area contributed by atoms with Gasteiger partial charge < -0.3 is 10.2 Å². The zero-order valence-corrected chi connectivity index (χ0v) is 14.5. The van der Waals surface area contributed by atoms with Crippen LogP contribution >= 0.6 is 11.3 Å². The highest BCUT2D eigenvalue weighted by molar-refractivity contribution is 7.11. The Morgan fingerprint density at radius 3 is 2.96 bits per heavy atom. The topological polar surface area (TPSA) is 88.1 Å². The van der Waals surface area contributed by atoms with Gasteiger partial charge in [0.2, 0.25) is 5.91 Å². The fourth-order valence-corrected chi connectivity index (χ4v) is 3.49. The van der Waals surface area contributed by atoms with Crippen LogP contribution in [0.4, 0.5) is 0 Å². The summed E-state index contributed by atoms with van der Waals surface area (Å²) in [5.41, 5.74) is 3.34. The highest BCUT2D eigenvalue weighted by atomic mass is 32.1. The normalized spacial score (nSPS) is 17.1. The van der Waals surface area contributed by atoms with E-state index in [0.717, 1.165) is 24.1 Å². The Hall–Kier alpha value is -2.35. The van der Waals surface area contributed by atoms with E-state index in [0.29, 0.717) is 23.8 Å². The lowest BCUT2D eigenvalue weighted by molar-refractivity contribution is -0.119. The summed E-state index contributed by atoms with van der Waals surface area (Å²) in [6.07, 6.45) is 5.12. The number of likely N-dealkylation sites (tertiary alicyclic amines) is 1. The van der Waals surface area contributed by atoms with E-state index in [2.05, 4.69) is 20.3 Å². The lowest BCUT2D eigenvalue weighted by atomic mass is 10.1. The van der Waals surface area contributed by atoms with Gasteiger partial charge in [-0.05, 0) is 19.8 Å². The van der Waals surface area contributed by atoms with Gasteiger partial charge in [0, 0.05) is 31.8 Å². The van der Waals surface area contributed by atoms with Crippen molar-refractivity contribution >= 4 is 23.2 Å². The Bertz CT molecular complexity index is 747. The molecule has 8 heteroatoms. The van der Waals surface area contributed by atoms with E-state index in [1.807, 2.05) is 11.8 Å². The zero-order valence-electron chi connectivity index (χ0n) is 13.7. The average Bonchev–Trinajstić information content (AvgIpc) is 3.24. The molecule has 1 fully saturated rings. The van der Waals surface area contributed by atoms with Gasteiger partial charge in [0.15, 0.2) is 0 Å². The fraction of sp³-hybridized carbons (Fsp3) is 0.438. The largest absolute Gasteiger partial charge is 0.352 e. The molecule has 1 aliphatic rings. The zero-order chi connectivity index (χ0) is 17.1. The predicted octanol–water partition coefficient (Wildman–Crippen LogP) is 1.85. The maximum atomic E-state index is 12.7. The number of rotatable bonds is 4. The number of hydrogen-bond donors (Lipinski definition) is 1. The molecule has 2 amide bonds. The molecule has 1 aliphatic heterocycles. The Morgan fingerprint density at radius 1 is 1.42 bits per heavy atom. The van der Waals surface area contributed by atoms with Gasteiger partial charge in [-0.15, -0.1) is 11.3 Å². The van der Waals surface area contributed by atoms with E-state index in [4.69, 9.17) is 0 Å². The van der Waals surface area contributed by atoms with Gasteiger partial charge in [-0.25, -0.2) is 9.97 Å². The lowest BCUT2D eigenvalue weighted by Crippen LogP contribution is -2.32. The van der Waals surface area contributed by atoms with Gasteiger partial charge in [0.05, 0.1) is 23.4 Å². The number of carbonyl (C=O) groups excluding carboxylic acids is 2. The molecule has 0 unspecified atom stereocenters. The molecule has 2 aromatic heterocycles. The van der Waals surface area contributed by atoms with Gasteiger partial charge in [0.1, 0.15) is 10.7 Å². The van der Waals surface area contributed by atoms with Crippen LogP contribution in [0.3, 0.4) is 0 Å². The number of nitrogens with zero attached hydrogens (tertiary/aromatic N) is 4. The first-order chi connectivity index (χ1) is 11.6. The second-order valence-electron chi connectivity index (χ2n) is 5.76. The molecule has 0 aliphatic carbocycles. The number of aromatic nitrogens is 3. The van der Waals surface area contributed by atoms with Crippen LogP contribution in [0.2, 0.25) is 0 Å². The van der Waals surface area contributed by atoms with Gasteiger partial charge in [0.25, 0.3) is 5.91 Å². The highest BCUT2D eigenvalue weighted by Gasteiger charge is 2.33. The first-order valence-corrected chi connectivity index (χ1v) is 8.70. The molecular weight excluding hydrogens is 326 g/mol. The minimum absolute atomic E-state index is 0.0123. The average molecular weight is 345 g/mol. The maximum Gasteiger partial charge on any atom is 0.266 e. The Balaban J connectivity index is 1.90. The molecule has 0 spiro atoms. The van der Waals surface area contributed by atoms with Crippen LogP contribution in [-0.4, -0.2) is 38.2 Å². The Morgan fingerprint density at radius 2 is 2.25 bits per heavy atom. The quantitative estimate of drug-likeness (QED) is 0.914. The van der Waals surface area contributed by atoms with E-state index in [1.165, 1.54) is 18.3 Å². The summed E-state index contributed by atoms with van der Waals surface area (Å²) >= 11 is 1.34. The molecular formula is C16H19N5O2S. The molecule has 0 radical (unpaired) electrons. The van der Waals surface area contributed by atoms with E-state index in [-0.39, 0.29) is 17.9 Å². The van der Waals surface area contributed by atoms with Crippen molar-refractivity contribution in [1.82, 2.24) is 25.2 Å². The number of carbonyl (C=O) groups is 2. The molecule has 1 saturated heterocycles. The number of hydrogen-bond acceptors (Lipinski definition) is 6.